The number of aryl methyl sites for hydroxylation is 1. The van der Waals surface area contributed by atoms with Gasteiger partial charge in [-0.05, 0) is 54.8 Å². The van der Waals surface area contributed by atoms with Crippen molar-refractivity contribution < 1.29 is 14.4 Å². The lowest BCUT2D eigenvalue weighted by atomic mass is 10.0. The summed E-state index contributed by atoms with van der Waals surface area (Å²) < 4.78 is 0. The molecule has 6 nitrogen and oxygen atoms in total. The van der Waals surface area contributed by atoms with E-state index in [-0.39, 0.29) is 30.2 Å². The zero-order chi connectivity index (χ0) is 29.8. The van der Waals surface area contributed by atoms with Gasteiger partial charge in [0.05, 0.1) is 5.69 Å². The second-order valence-corrected chi connectivity index (χ2v) is 11.9. The SMILES string of the molecule is Cc1ccc(CN(C(=O)CCCN2C(=O)c3cccc4cccc2c34)C(Cc2ccccc2)C(=O)NC2CCCC2)cc1. The highest BCUT2D eigenvalue weighted by molar-refractivity contribution is 6.25. The Kier molecular flexibility index (Phi) is 8.55. The molecule has 0 aromatic heterocycles. The van der Waals surface area contributed by atoms with E-state index >= 15 is 0 Å². The minimum absolute atomic E-state index is 0.0198. The Morgan fingerprint density at radius 3 is 2.35 bits per heavy atom. The van der Waals surface area contributed by atoms with Gasteiger partial charge in [0.2, 0.25) is 11.8 Å². The van der Waals surface area contributed by atoms with Crippen LogP contribution >= 0.6 is 0 Å². The van der Waals surface area contributed by atoms with E-state index in [2.05, 4.69) is 5.32 Å². The van der Waals surface area contributed by atoms with Gasteiger partial charge in [-0.25, -0.2) is 0 Å². The summed E-state index contributed by atoms with van der Waals surface area (Å²) in [4.78, 5) is 44.8. The van der Waals surface area contributed by atoms with Gasteiger partial charge in [-0.1, -0.05) is 97.3 Å². The second kappa shape index (κ2) is 12.8. The Morgan fingerprint density at radius 1 is 0.884 bits per heavy atom. The van der Waals surface area contributed by atoms with Crippen LogP contribution in [0.15, 0.2) is 91.0 Å². The molecule has 1 aliphatic carbocycles. The first-order valence-corrected chi connectivity index (χ1v) is 15.5. The van der Waals surface area contributed by atoms with Crippen molar-refractivity contribution in [2.75, 3.05) is 11.4 Å². The molecule has 220 valence electrons. The largest absolute Gasteiger partial charge is 0.352 e. The topological polar surface area (TPSA) is 69.7 Å². The van der Waals surface area contributed by atoms with Crippen molar-refractivity contribution in [3.63, 3.8) is 0 Å². The van der Waals surface area contributed by atoms with E-state index in [0.717, 1.165) is 58.8 Å². The van der Waals surface area contributed by atoms with Gasteiger partial charge in [-0.15, -0.1) is 0 Å². The predicted molar refractivity (Wildman–Crippen MR) is 171 cm³/mol. The summed E-state index contributed by atoms with van der Waals surface area (Å²) in [6.07, 6.45) is 5.38. The fourth-order valence-corrected chi connectivity index (χ4v) is 6.54. The Hall–Kier alpha value is -4.45. The van der Waals surface area contributed by atoms with Crippen LogP contribution in [0.1, 0.15) is 65.6 Å². The summed E-state index contributed by atoms with van der Waals surface area (Å²) in [6, 6.07) is 29.4. The molecule has 4 aromatic rings. The normalized spacial score (nSPS) is 15.2. The fraction of sp³-hybridized carbons (Fsp3) is 0.324. The highest BCUT2D eigenvalue weighted by Gasteiger charge is 2.33. The van der Waals surface area contributed by atoms with Crippen LogP contribution in [0.3, 0.4) is 0 Å². The summed E-state index contributed by atoms with van der Waals surface area (Å²) in [6.45, 7) is 2.83. The van der Waals surface area contributed by atoms with Crippen LogP contribution in [0.25, 0.3) is 10.8 Å². The van der Waals surface area contributed by atoms with Gasteiger partial charge in [0.25, 0.3) is 5.91 Å². The molecule has 1 aliphatic heterocycles. The quantitative estimate of drug-likeness (QED) is 0.220. The Labute approximate surface area is 253 Å². The molecular weight excluding hydrogens is 534 g/mol. The Balaban J connectivity index is 1.23. The summed E-state index contributed by atoms with van der Waals surface area (Å²) in [7, 11) is 0. The van der Waals surface area contributed by atoms with Crippen molar-refractivity contribution in [1.29, 1.82) is 0 Å². The Bertz CT molecular complexity index is 1600. The van der Waals surface area contributed by atoms with Gasteiger partial charge in [0.1, 0.15) is 6.04 Å². The van der Waals surface area contributed by atoms with Gasteiger partial charge in [-0.3, -0.25) is 14.4 Å². The molecule has 0 radical (unpaired) electrons. The molecular formula is C37H39N3O3. The van der Waals surface area contributed by atoms with E-state index < -0.39 is 6.04 Å². The highest BCUT2D eigenvalue weighted by atomic mass is 16.2. The van der Waals surface area contributed by atoms with E-state index in [1.807, 2.05) is 97.9 Å². The smallest absolute Gasteiger partial charge is 0.258 e. The van der Waals surface area contributed by atoms with Crippen LogP contribution in [0, 0.1) is 6.92 Å². The first-order valence-electron chi connectivity index (χ1n) is 15.5. The lowest BCUT2D eigenvalue weighted by Crippen LogP contribution is -2.52. The van der Waals surface area contributed by atoms with Crippen molar-refractivity contribution >= 4 is 34.2 Å². The maximum absolute atomic E-state index is 14.1. The molecule has 0 saturated heterocycles. The molecule has 0 spiro atoms. The molecule has 1 heterocycles. The summed E-state index contributed by atoms with van der Waals surface area (Å²) in [5, 5.41) is 5.30. The van der Waals surface area contributed by atoms with Crippen LogP contribution < -0.4 is 10.2 Å². The maximum Gasteiger partial charge on any atom is 0.258 e. The summed E-state index contributed by atoms with van der Waals surface area (Å²) in [5.74, 6) is -0.188. The maximum atomic E-state index is 14.1. The highest BCUT2D eigenvalue weighted by Crippen LogP contribution is 2.37. The molecule has 6 heteroatoms. The molecule has 1 fully saturated rings. The molecule has 43 heavy (non-hydrogen) atoms. The zero-order valence-electron chi connectivity index (χ0n) is 24.8. The average Bonchev–Trinajstić information content (AvgIpc) is 3.63. The van der Waals surface area contributed by atoms with Gasteiger partial charge in [-0.2, -0.15) is 0 Å². The van der Waals surface area contributed by atoms with Crippen LogP contribution in [-0.2, 0) is 22.6 Å². The van der Waals surface area contributed by atoms with Crippen molar-refractivity contribution in [3.8, 4) is 0 Å². The first kappa shape index (κ1) is 28.7. The van der Waals surface area contributed by atoms with Crippen molar-refractivity contribution in [3.05, 3.63) is 113 Å². The third kappa shape index (κ3) is 6.34. The molecule has 1 saturated carbocycles. The molecule has 4 aromatic carbocycles. The van der Waals surface area contributed by atoms with Crippen LogP contribution in [0.5, 0.6) is 0 Å². The minimum Gasteiger partial charge on any atom is -0.352 e. The second-order valence-electron chi connectivity index (χ2n) is 11.9. The number of carbonyl (C=O) groups excluding carboxylic acids is 3. The number of carbonyl (C=O) groups is 3. The third-order valence-electron chi connectivity index (χ3n) is 8.87. The number of hydrogen-bond acceptors (Lipinski definition) is 3. The number of hydrogen-bond donors (Lipinski definition) is 1. The lowest BCUT2D eigenvalue weighted by molar-refractivity contribution is -0.141. The number of anilines is 1. The molecule has 2 aliphatic rings. The minimum atomic E-state index is -0.636. The van der Waals surface area contributed by atoms with Crippen LogP contribution in [0.4, 0.5) is 5.69 Å². The zero-order valence-corrected chi connectivity index (χ0v) is 24.8. The van der Waals surface area contributed by atoms with E-state index in [9.17, 15) is 14.4 Å². The van der Waals surface area contributed by atoms with Gasteiger partial charge in [0, 0.05) is 42.9 Å². The molecule has 0 bridgehead atoms. The van der Waals surface area contributed by atoms with Crippen molar-refractivity contribution in [2.24, 2.45) is 0 Å². The number of nitrogens with one attached hydrogen (secondary N) is 1. The van der Waals surface area contributed by atoms with Gasteiger partial charge < -0.3 is 15.1 Å². The monoisotopic (exact) mass is 573 g/mol. The van der Waals surface area contributed by atoms with Crippen LogP contribution in [0.2, 0.25) is 0 Å². The predicted octanol–water partition coefficient (Wildman–Crippen LogP) is 6.59. The molecule has 3 amide bonds. The van der Waals surface area contributed by atoms with E-state index in [1.165, 1.54) is 0 Å². The number of nitrogens with zero attached hydrogens (tertiary/aromatic N) is 2. The van der Waals surface area contributed by atoms with Gasteiger partial charge >= 0.3 is 0 Å². The van der Waals surface area contributed by atoms with Crippen molar-refractivity contribution in [1.82, 2.24) is 10.2 Å². The Morgan fingerprint density at radius 2 is 1.60 bits per heavy atom. The molecule has 1 unspecified atom stereocenters. The van der Waals surface area contributed by atoms with E-state index in [4.69, 9.17) is 0 Å². The number of rotatable bonds is 11. The molecule has 1 N–H and O–H groups in total. The van der Waals surface area contributed by atoms with E-state index in [0.29, 0.717) is 31.5 Å². The summed E-state index contributed by atoms with van der Waals surface area (Å²) in [5.41, 5.74) is 4.77. The number of benzene rings is 4. The first-order chi connectivity index (χ1) is 21.0. The van der Waals surface area contributed by atoms with Gasteiger partial charge in [0.15, 0.2) is 0 Å². The van der Waals surface area contributed by atoms with Crippen molar-refractivity contribution in [2.45, 2.75) is 70.5 Å². The molecule has 6 rings (SSSR count). The lowest BCUT2D eigenvalue weighted by Gasteiger charge is -2.32. The third-order valence-corrected chi connectivity index (χ3v) is 8.87. The standard InChI is InChI=1S/C37H39N3O3/c1-26-19-21-28(22-20-26)25-40(33(24-27-10-3-2-4-11-27)36(42)38-30-14-5-6-15-30)34(41)18-9-23-39-32-17-8-13-29-12-7-16-31(35(29)32)37(39)43/h2-4,7-8,10-13,16-17,19-22,30,33H,5-6,9,14-15,18,23-25H2,1H3,(H,38,42). The fourth-order valence-electron chi connectivity index (χ4n) is 6.54. The molecule has 1 atom stereocenters. The number of amides is 3. The van der Waals surface area contributed by atoms with Crippen LogP contribution in [-0.4, -0.2) is 41.2 Å². The van der Waals surface area contributed by atoms with E-state index in [1.54, 1.807) is 9.80 Å². The summed E-state index contributed by atoms with van der Waals surface area (Å²) >= 11 is 0. The average molecular weight is 574 g/mol.